The van der Waals surface area contributed by atoms with Crippen LogP contribution in [0.15, 0.2) is 60.8 Å². The third-order valence-corrected chi connectivity index (χ3v) is 4.62. The molecule has 3 aromatic rings. The van der Waals surface area contributed by atoms with Gasteiger partial charge in [0.25, 0.3) is 0 Å². The van der Waals surface area contributed by atoms with E-state index in [0.29, 0.717) is 12.5 Å². The zero-order chi connectivity index (χ0) is 19.1. The Labute approximate surface area is 161 Å². The van der Waals surface area contributed by atoms with E-state index in [2.05, 4.69) is 82.7 Å². The van der Waals surface area contributed by atoms with E-state index in [9.17, 15) is 0 Å². The van der Waals surface area contributed by atoms with Gasteiger partial charge in [0.15, 0.2) is 0 Å². The highest BCUT2D eigenvalue weighted by molar-refractivity contribution is 5.61. The van der Waals surface area contributed by atoms with E-state index in [1.807, 2.05) is 18.2 Å². The maximum atomic E-state index is 4.56. The second kappa shape index (κ2) is 9.03. The highest BCUT2D eigenvalue weighted by Gasteiger charge is 2.04. The summed E-state index contributed by atoms with van der Waals surface area (Å²) in [5.74, 6) is 1.39. The van der Waals surface area contributed by atoms with Crippen molar-refractivity contribution in [1.82, 2.24) is 9.97 Å². The molecule has 2 N–H and O–H groups in total. The molecule has 2 aromatic carbocycles. The SMILES string of the molecule is CCN(CC)c1ccc(Nc2ccnc(NCc3ccccc3C)n2)cc1. The van der Waals surface area contributed by atoms with Crippen molar-refractivity contribution in [3.63, 3.8) is 0 Å². The summed E-state index contributed by atoms with van der Waals surface area (Å²) in [6.45, 7) is 9.16. The van der Waals surface area contributed by atoms with Crippen molar-refractivity contribution in [3.8, 4) is 0 Å². The van der Waals surface area contributed by atoms with Gasteiger partial charge in [-0.2, -0.15) is 4.98 Å². The third kappa shape index (κ3) is 4.97. The van der Waals surface area contributed by atoms with Crippen LogP contribution in [0.1, 0.15) is 25.0 Å². The fourth-order valence-corrected chi connectivity index (χ4v) is 2.99. The van der Waals surface area contributed by atoms with Gasteiger partial charge in [0.05, 0.1) is 0 Å². The van der Waals surface area contributed by atoms with Crippen molar-refractivity contribution in [2.24, 2.45) is 0 Å². The summed E-state index contributed by atoms with van der Waals surface area (Å²) in [4.78, 5) is 11.2. The summed E-state index contributed by atoms with van der Waals surface area (Å²) in [5.41, 5.74) is 4.74. The number of aromatic nitrogens is 2. The van der Waals surface area contributed by atoms with Crippen LogP contribution in [0.5, 0.6) is 0 Å². The number of aryl methyl sites for hydroxylation is 1. The van der Waals surface area contributed by atoms with Gasteiger partial charge in [-0.3, -0.25) is 0 Å². The highest BCUT2D eigenvalue weighted by Crippen LogP contribution is 2.20. The normalized spacial score (nSPS) is 10.5. The van der Waals surface area contributed by atoms with Gasteiger partial charge in [-0.15, -0.1) is 0 Å². The van der Waals surface area contributed by atoms with E-state index in [4.69, 9.17) is 0 Å². The van der Waals surface area contributed by atoms with Gasteiger partial charge in [0.1, 0.15) is 5.82 Å². The van der Waals surface area contributed by atoms with Gasteiger partial charge >= 0.3 is 0 Å². The lowest BCUT2D eigenvalue weighted by molar-refractivity contribution is 0.866. The number of rotatable bonds is 8. The van der Waals surface area contributed by atoms with Crippen LogP contribution < -0.4 is 15.5 Å². The Morgan fingerprint density at radius 1 is 0.926 bits per heavy atom. The summed E-state index contributed by atoms with van der Waals surface area (Å²) in [5, 5.41) is 6.64. The maximum absolute atomic E-state index is 4.56. The standard InChI is InChI=1S/C22H27N5/c1-4-27(5-2)20-12-10-19(11-13-20)25-21-14-15-23-22(26-21)24-16-18-9-7-6-8-17(18)3/h6-15H,4-5,16H2,1-3H3,(H2,23,24,25,26). The first-order chi connectivity index (χ1) is 13.2. The van der Waals surface area contributed by atoms with Crippen LogP contribution in [0.3, 0.4) is 0 Å². The predicted molar refractivity (Wildman–Crippen MR) is 114 cm³/mol. The summed E-state index contributed by atoms with van der Waals surface area (Å²) in [7, 11) is 0. The smallest absolute Gasteiger partial charge is 0.224 e. The number of benzene rings is 2. The molecule has 0 spiro atoms. The molecule has 0 atom stereocenters. The first-order valence-electron chi connectivity index (χ1n) is 9.43. The second-order valence-electron chi connectivity index (χ2n) is 6.39. The summed E-state index contributed by atoms with van der Waals surface area (Å²) >= 11 is 0. The van der Waals surface area contributed by atoms with E-state index < -0.39 is 0 Å². The monoisotopic (exact) mass is 361 g/mol. The van der Waals surface area contributed by atoms with E-state index >= 15 is 0 Å². The Balaban J connectivity index is 1.64. The van der Waals surface area contributed by atoms with Gasteiger partial charge in [0, 0.05) is 37.2 Å². The fourth-order valence-electron chi connectivity index (χ4n) is 2.99. The van der Waals surface area contributed by atoms with Crippen LogP contribution in [-0.2, 0) is 6.54 Å². The van der Waals surface area contributed by atoms with Crippen molar-refractivity contribution in [3.05, 3.63) is 71.9 Å². The molecule has 0 radical (unpaired) electrons. The Morgan fingerprint density at radius 2 is 1.67 bits per heavy atom. The lowest BCUT2D eigenvalue weighted by Crippen LogP contribution is -2.21. The topological polar surface area (TPSA) is 53.1 Å². The molecule has 1 aromatic heterocycles. The van der Waals surface area contributed by atoms with E-state index in [1.165, 1.54) is 16.8 Å². The molecule has 5 heteroatoms. The number of anilines is 4. The Bertz CT molecular complexity index is 857. The Kier molecular flexibility index (Phi) is 6.26. The molecule has 0 aliphatic carbocycles. The van der Waals surface area contributed by atoms with Crippen molar-refractivity contribution in [1.29, 1.82) is 0 Å². The molecule has 140 valence electrons. The zero-order valence-corrected chi connectivity index (χ0v) is 16.2. The first-order valence-corrected chi connectivity index (χ1v) is 9.43. The minimum absolute atomic E-state index is 0.614. The molecule has 0 saturated heterocycles. The minimum Gasteiger partial charge on any atom is -0.372 e. The van der Waals surface area contributed by atoms with E-state index in [-0.39, 0.29) is 0 Å². The first kappa shape index (κ1) is 18.7. The van der Waals surface area contributed by atoms with Crippen LogP contribution in [-0.4, -0.2) is 23.1 Å². The molecule has 0 unspecified atom stereocenters. The number of hydrogen-bond acceptors (Lipinski definition) is 5. The molecule has 3 rings (SSSR count). The summed E-state index contributed by atoms with van der Waals surface area (Å²) in [6.07, 6.45) is 1.76. The number of hydrogen-bond donors (Lipinski definition) is 2. The molecule has 1 heterocycles. The Morgan fingerprint density at radius 3 is 2.37 bits per heavy atom. The quantitative estimate of drug-likeness (QED) is 0.592. The molecule has 0 fully saturated rings. The zero-order valence-electron chi connectivity index (χ0n) is 16.2. The molecule has 0 aliphatic rings. The maximum Gasteiger partial charge on any atom is 0.224 e. The van der Waals surface area contributed by atoms with Crippen molar-refractivity contribution in [2.75, 3.05) is 28.6 Å². The largest absolute Gasteiger partial charge is 0.372 e. The fraction of sp³-hybridized carbons (Fsp3) is 0.273. The molecular formula is C22H27N5. The molecule has 0 bridgehead atoms. The molecule has 0 aliphatic heterocycles. The lowest BCUT2D eigenvalue weighted by Gasteiger charge is -2.21. The van der Waals surface area contributed by atoms with Gasteiger partial charge in [0.2, 0.25) is 5.95 Å². The average Bonchev–Trinajstić information content (AvgIpc) is 2.70. The van der Waals surface area contributed by atoms with Gasteiger partial charge in [-0.05, 0) is 62.2 Å². The molecule has 0 saturated carbocycles. The number of nitrogens with zero attached hydrogens (tertiary/aromatic N) is 3. The van der Waals surface area contributed by atoms with Crippen molar-refractivity contribution >= 4 is 23.1 Å². The van der Waals surface area contributed by atoms with Crippen molar-refractivity contribution < 1.29 is 0 Å². The van der Waals surface area contributed by atoms with Crippen LogP contribution in [0.2, 0.25) is 0 Å². The summed E-state index contributed by atoms with van der Waals surface area (Å²) in [6, 6.07) is 18.6. The predicted octanol–water partition coefficient (Wildman–Crippen LogP) is 4.99. The number of nitrogens with one attached hydrogen (secondary N) is 2. The third-order valence-electron chi connectivity index (χ3n) is 4.62. The second-order valence-corrected chi connectivity index (χ2v) is 6.39. The highest BCUT2D eigenvalue weighted by atomic mass is 15.1. The van der Waals surface area contributed by atoms with Crippen LogP contribution in [0, 0.1) is 6.92 Å². The van der Waals surface area contributed by atoms with Crippen LogP contribution in [0.25, 0.3) is 0 Å². The average molecular weight is 361 g/mol. The minimum atomic E-state index is 0.614. The van der Waals surface area contributed by atoms with E-state index in [0.717, 1.165) is 24.6 Å². The lowest BCUT2D eigenvalue weighted by atomic mass is 10.1. The Hall–Kier alpha value is -3.08. The summed E-state index contributed by atoms with van der Waals surface area (Å²) < 4.78 is 0. The molecule has 5 nitrogen and oxygen atoms in total. The van der Waals surface area contributed by atoms with Gasteiger partial charge in [-0.25, -0.2) is 4.98 Å². The van der Waals surface area contributed by atoms with Crippen LogP contribution in [0.4, 0.5) is 23.1 Å². The van der Waals surface area contributed by atoms with Crippen LogP contribution >= 0.6 is 0 Å². The molecule has 0 amide bonds. The van der Waals surface area contributed by atoms with Crippen molar-refractivity contribution in [2.45, 2.75) is 27.3 Å². The van der Waals surface area contributed by atoms with Gasteiger partial charge < -0.3 is 15.5 Å². The van der Waals surface area contributed by atoms with E-state index in [1.54, 1.807) is 6.20 Å². The van der Waals surface area contributed by atoms with Gasteiger partial charge in [-0.1, -0.05) is 24.3 Å². The molecular weight excluding hydrogens is 334 g/mol. The molecule has 27 heavy (non-hydrogen) atoms.